The van der Waals surface area contributed by atoms with Crippen molar-refractivity contribution < 1.29 is 14.7 Å². The second kappa shape index (κ2) is 6.50. The normalized spacial score (nSPS) is 27.6. The van der Waals surface area contributed by atoms with Crippen LogP contribution >= 0.6 is 11.8 Å². The molecule has 0 aliphatic carbocycles. The molecular formula is C13H22N2O3S. The van der Waals surface area contributed by atoms with E-state index >= 15 is 0 Å². The van der Waals surface area contributed by atoms with Crippen LogP contribution in [0.3, 0.4) is 0 Å². The van der Waals surface area contributed by atoms with Gasteiger partial charge in [-0.05, 0) is 12.3 Å². The number of carboxylic acids is 1. The van der Waals surface area contributed by atoms with E-state index in [0.29, 0.717) is 12.5 Å². The molecule has 1 N–H and O–H groups in total. The second-order valence-electron chi connectivity index (χ2n) is 5.31. The van der Waals surface area contributed by atoms with Gasteiger partial charge in [0.2, 0.25) is 0 Å². The molecule has 2 aliphatic heterocycles. The monoisotopic (exact) mass is 286 g/mol. The third kappa shape index (κ3) is 3.55. The van der Waals surface area contributed by atoms with Crippen molar-refractivity contribution in [3.8, 4) is 0 Å². The number of hydrogen-bond acceptors (Lipinski definition) is 3. The number of urea groups is 1. The van der Waals surface area contributed by atoms with Gasteiger partial charge in [0.15, 0.2) is 0 Å². The van der Waals surface area contributed by atoms with Crippen LogP contribution in [0.25, 0.3) is 0 Å². The quantitative estimate of drug-likeness (QED) is 0.858. The second-order valence-corrected chi connectivity index (χ2v) is 6.46. The zero-order valence-electron chi connectivity index (χ0n) is 11.4. The molecular weight excluding hydrogens is 264 g/mol. The van der Waals surface area contributed by atoms with Crippen molar-refractivity contribution in [2.24, 2.45) is 5.92 Å². The van der Waals surface area contributed by atoms with E-state index in [1.54, 1.807) is 16.7 Å². The lowest BCUT2D eigenvalue weighted by Crippen LogP contribution is -2.52. The zero-order valence-corrected chi connectivity index (χ0v) is 12.2. The van der Waals surface area contributed by atoms with Crippen LogP contribution in [0, 0.1) is 5.92 Å². The van der Waals surface area contributed by atoms with E-state index in [1.807, 2.05) is 4.90 Å². The number of likely N-dealkylation sites (tertiary alicyclic amines) is 1. The van der Waals surface area contributed by atoms with Gasteiger partial charge in [0, 0.05) is 31.1 Å². The van der Waals surface area contributed by atoms with Gasteiger partial charge in [0.1, 0.15) is 0 Å². The Morgan fingerprint density at radius 3 is 2.79 bits per heavy atom. The average Bonchev–Trinajstić information content (AvgIpc) is 2.86. The van der Waals surface area contributed by atoms with E-state index < -0.39 is 5.97 Å². The molecule has 2 rings (SSSR count). The fourth-order valence-corrected chi connectivity index (χ4v) is 3.86. The minimum atomic E-state index is -0.821. The molecule has 0 saturated carbocycles. The molecule has 0 radical (unpaired) electrons. The number of carbonyl (C=O) groups is 2. The lowest BCUT2D eigenvalue weighted by atomic mass is 10.1. The van der Waals surface area contributed by atoms with Gasteiger partial charge in [-0.3, -0.25) is 4.79 Å². The maximum atomic E-state index is 12.5. The average molecular weight is 286 g/mol. The van der Waals surface area contributed by atoms with Crippen molar-refractivity contribution in [2.75, 3.05) is 31.1 Å². The molecule has 0 spiro atoms. The lowest BCUT2D eigenvalue weighted by Gasteiger charge is -2.37. The summed E-state index contributed by atoms with van der Waals surface area (Å²) in [5, 5.41) is 8.95. The summed E-state index contributed by atoms with van der Waals surface area (Å²) in [6, 6.07) is -0.105. The lowest BCUT2D eigenvalue weighted by molar-refractivity contribution is -0.138. The summed E-state index contributed by atoms with van der Waals surface area (Å²) in [7, 11) is 0. The van der Waals surface area contributed by atoms with Crippen LogP contribution in [-0.4, -0.2) is 64.1 Å². The van der Waals surface area contributed by atoms with Crippen molar-refractivity contribution in [1.82, 2.24) is 9.80 Å². The molecule has 2 saturated heterocycles. The molecule has 108 valence electrons. The summed E-state index contributed by atoms with van der Waals surface area (Å²) in [4.78, 5) is 27.1. The van der Waals surface area contributed by atoms with E-state index in [9.17, 15) is 9.59 Å². The SMILES string of the molecule is CCC1CCN(C(=O)N2CCSCC2CC(=O)O)C1. The van der Waals surface area contributed by atoms with Gasteiger partial charge in [0.05, 0.1) is 12.5 Å². The van der Waals surface area contributed by atoms with Gasteiger partial charge in [-0.2, -0.15) is 11.8 Å². The number of hydrogen-bond donors (Lipinski definition) is 1. The van der Waals surface area contributed by atoms with Gasteiger partial charge >= 0.3 is 12.0 Å². The predicted molar refractivity (Wildman–Crippen MR) is 75.4 cm³/mol. The molecule has 5 nitrogen and oxygen atoms in total. The van der Waals surface area contributed by atoms with Crippen LogP contribution in [0.4, 0.5) is 4.79 Å². The minimum Gasteiger partial charge on any atom is -0.481 e. The minimum absolute atomic E-state index is 0.0440. The Morgan fingerprint density at radius 1 is 1.37 bits per heavy atom. The highest BCUT2D eigenvalue weighted by Crippen LogP contribution is 2.24. The predicted octanol–water partition coefficient (Wildman–Crippen LogP) is 1.73. The summed E-state index contributed by atoms with van der Waals surface area (Å²) >= 11 is 1.74. The smallest absolute Gasteiger partial charge is 0.320 e. The highest BCUT2D eigenvalue weighted by atomic mass is 32.2. The molecule has 0 aromatic rings. The molecule has 2 heterocycles. The van der Waals surface area contributed by atoms with E-state index in [1.165, 1.54) is 0 Å². The molecule has 2 unspecified atom stereocenters. The van der Waals surface area contributed by atoms with E-state index in [-0.39, 0.29) is 18.5 Å². The van der Waals surface area contributed by atoms with Gasteiger partial charge in [-0.1, -0.05) is 13.3 Å². The molecule has 19 heavy (non-hydrogen) atoms. The first-order valence-electron chi connectivity index (χ1n) is 6.97. The third-order valence-corrected chi connectivity index (χ3v) is 5.11. The van der Waals surface area contributed by atoms with Crippen molar-refractivity contribution in [1.29, 1.82) is 0 Å². The number of carbonyl (C=O) groups excluding carboxylic acids is 1. The Bertz CT molecular complexity index is 351. The van der Waals surface area contributed by atoms with Gasteiger partial charge < -0.3 is 14.9 Å². The van der Waals surface area contributed by atoms with Crippen molar-refractivity contribution in [2.45, 2.75) is 32.2 Å². The highest BCUT2D eigenvalue weighted by Gasteiger charge is 2.34. The number of aliphatic carboxylic acids is 1. The van der Waals surface area contributed by atoms with Crippen LogP contribution < -0.4 is 0 Å². The fourth-order valence-electron chi connectivity index (χ4n) is 2.80. The summed E-state index contributed by atoms with van der Waals surface area (Å²) in [6.07, 6.45) is 2.25. The Hall–Kier alpha value is -0.910. The van der Waals surface area contributed by atoms with Crippen molar-refractivity contribution >= 4 is 23.8 Å². The number of nitrogens with zero attached hydrogens (tertiary/aromatic N) is 2. The molecule has 0 aromatic heterocycles. The molecule has 2 atom stereocenters. The molecule has 2 aliphatic rings. The van der Waals surface area contributed by atoms with Crippen molar-refractivity contribution in [3.05, 3.63) is 0 Å². The number of thioether (sulfide) groups is 1. The fraction of sp³-hybridized carbons (Fsp3) is 0.846. The Kier molecular flexibility index (Phi) is 4.96. The summed E-state index contributed by atoms with van der Waals surface area (Å²) < 4.78 is 0. The Morgan fingerprint density at radius 2 is 2.16 bits per heavy atom. The van der Waals surface area contributed by atoms with Crippen LogP contribution in [0.2, 0.25) is 0 Å². The molecule has 6 heteroatoms. The first kappa shape index (κ1) is 14.5. The maximum absolute atomic E-state index is 12.5. The van der Waals surface area contributed by atoms with Gasteiger partial charge in [-0.25, -0.2) is 4.79 Å². The highest BCUT2D eigenvalue weighted by molar-refractivity contribution is 7.99. The Balaban J connectivity index is 1.97. The number of amides is 2. The summed E-state index contributed by atoms with van der Waals surface area (Å²) in [5.41, 5.74) is 0. The maximum Gasteiger partial charge on any atom is 0.320 e. The van der Waals surface area contributed by atoms with Crippen molar-refractivity contribution in [3.63, 3.8) is 0 Å². The number of carboxylic acid groups (broad SMARTS) is 1. The molecule has 0 aromatic carbocycles. The largest absolute Gasteiger partial charge is 0.481 e. The Labute approximate surface area is 118 Å². The summed E-state index contributed by atoms with van der Waals surface area (Å²) in [5.74, 6) is 1.44. The zero-order chi connectivity index (χ0) is 13.8. The number of rotatable bonds is 3. The summed E-state index contributed by atoms with van der Waals surface area (Å²) in [6.45, 7) is 4.48. The van der Waals surface area contributed by atoms with E-state index in [0.717, 1.165) is 37.4 Å². The first-order chi connectivity index (χ1) is 9.11. The molecule has 0 bridgehead atoms. The van der Waals surface area contributed by atoms with Gasteiger partial charge in [-0.15, -0.1) is 0 Å². The van der Waals surface area contributed by atoms with E-state index in [2.05, 4.69) is 6.92 Å². The third-order valence-electron chi connectivity index (χ3n) is 4.02. The van der Waals surface area contributed by atoms with Crippen LogP contribution in [0.5, 0.6) is 0 Å². The molecule has 2 fully saturated rings. The van der Waals surface area contributed by atoms with Gasteiger partial charge in [0.25, 0.3) is 0 Å². The van der Waals surface area contributed by atoms with Crippen LogP contribution in [-0.2, 0) is 4.79 Å². The van der Waals surface area contributed by atoms with E-state index in [4.69, 9.17) is 5.11 Å². The molecule has 2 amide bonds. The standard InChI is InChI=1S/C13H22N2O3S/c1-2-10-3-4-14(8-10)13(18)15-5-6-19-9-11(15)7-12(16)17/h10-11H,2-9H2,1H3,(H,16,17). The topological polar surface area (TPSA) is 60.9 Å². The first-order valence-corrected chi connectivity index (χ1v) is 8.12. The van der Waals surface area contributed by atoms with Crippen LogP contribution in [0.15, 0.2) is 0 Å². The van der Waals surface area contributed by atoms with Crippen LogP contribution in [0.1, 0.15) is 26.2 Å².